The highest BCUT2D eigenvalue weighted by molar-refractivity contribution is 6.05. The Balaban J connectivity index is 1.93. The van der Waals surface area contributed by atoms with Crippen LogP contribution >= 0.6 is 0 Å². The van der Waals surface area contributed by atoms with Gasteiger partial charge >= 0.3 is 5.97 Å². The molecule has 1 aromatic heterocycles. The molecule has 0 aliphatic heterocycles. The van der Waals surface area contributed by atoms with E-state index in [1.807, 2.05) is 19.1 Å². The van der Waals surface area contributed by atoms with Crippen molar-refractivity contribution >= 4 is 17.6 Å². The maximum atomic E-state index is 12.3. The topological polar surface area (TPSA) is 79.5 Å². The van der Waals surface area contributed by atoms with E-state index in [0.29, 0.717) is 16.8 Å². The monoisotopic (exact) mass is 321 g/mol. The number of amides is 1. The van der Waals surface area contributed by atoms with Crippen LogP contribution in [-0.2, 0) is 0 Å². The van der Waals surface area contributed by atoms with Crippen molar-refractivity contribution in [2.24, 2.45) is 0 Å². The molecule has 3 aromatic rings. The highest BCUT2D eigenvalue weighted by Crippen LogP contribution is 2.26. The quantitative estimate of drug-likeness (QED) is 0.754. The fourth-order valence-electron chi connectivity index (χ4n) is 2.33. The van der Waals surface area contributed by atoms with Gasteiger partial charge < -0.3 is 14.8 Å². The largest absolute Gasteiger partial charge is 0.478 e. The number of hydrogen-bond donors (Lipinski definition) is 2. The number of rotatable bonds is 4. The molecular weight excluding hydrogens is 306 g/mol. The Morgan fingerprint density at radius 3 is 2.33 bits per heavy atom. The Hall–Kier alpha value is -3.34. The molecule has 0 fully saturated rings. The summed E-state index contributed by atoms with van der Waals surface area (Å²) in [5.41, 5.74) is 3.46. The van der Waals surface area contributed by atoms with Crippen molar-refractivity contribution in [2.75, 3.05) is 5.32 Å². The van der Waals surface area contributed by atoms with Crippen LogP contribution in [0.15, 0.2) is 65.5 Å². The number of carboxylic acids is 1. The molecule has 1 heterocycles. The molecule has 0 aliphatic carbocycles. The summed E-state index contributed by atoms with van der Waals surface area (Å²) in [4.78, 5) is 23.7. The SMILES string of the molecule is Cc1ccc(C(=O)Nc2cc(C(=O)O)cc(-c3ccoc3)c2)cc1. The zero-order chi connectivity index (χ0) is 17.1. The molecule has 0 spiro atoms. The maximum Gasteiger partial charge on any atom is 0.335 e. The number of carboxylic acid groups (broad SMARTS) is 1. The van der Waals surface area contributed by atoms with E-state index in [1.54, 1.807) is 24.3 Å². The van der Waals surface area contributed by atoms with Gasteiger partial charge in [0.15, 0.2) is 0 Å². The van der Waals surface area contributed by atoms with Crippen LogP contribution in [0.4, 0.5) is 5.69 Å². The van der Waals surface area contributed by atoms with Gasteiger partial charge in [-0.1, -0.05) is 17.7 Å². The van der Waals surface area contributed by atoms with Crippen LogP contribution in [0.25, 0.3) is 11.1 Å². The van der Waals surface area contributed by atoms with Gasteiger partial charge in [-0.05, 0) is 48.9 Å². The third-order valence-electron chi connectivity index (χ3n) is 3.61. The van der Waals surface area contributed by atoms with Crippen LogP contribution < -0.4 is 5.32 Å². The van der Waals surface area contributed by atoms with Crippen LogP contribution in [0.2, 0.25) is 0 Å². The number of furan rings is 1. The summed E-state index contributed by atoms with van der Waals surface area (Å²) in [5.74, 6) is -1.36. The van der Waals surface area contributed by atoms with Crippen LogP contribution in [0.5, 0.6) is 0 Å². The van der Waals surface area contributed by atoms with Crippen molar-refractivity contribution in [3.8, 4) is 11.1 Å². The number of carbonyl (C=O) groups excluding carboxylic acids is 1. The molecule has 3 rings (SSSR count). The predicted octanol–water partition coefficient (Wildman–Crippen LogP) is 4.21. The van der Waals surface area contributed by atoms with Gasteiger partial charge in [-0.2, -0.15) is 0 Å². The summed E-state index contributed by atoms with van der Waals surface area (Å²) < 4.78 is 5.04. The Morgan fingerprint density at radius 1 is 0.958 bits per heavy atom. The number of carbonyl (C=O) groups is 2. The van der Waals surface area contributed by atoms with Crippen LogP contribution in [0, 0.1) is 6.92 Å². The lowest BCUT2D eigenvalue weighted by atomic mass is 10.0. The Morgan fingerprint density at radius 2 is 1.71 bits per heavy atom. The Labute approximate surface area is 138 Å². The summed E-state index contributed by atoms with van der Waals surface area (Å²) in [6, 6.07) is 13.5. The number of anilines is 1. The Kier molecular flexibility index (Phi) is 4.16. The molecule has 5 heteroatoms. The molecule has 2 aromatic carbocycles. The molecule has 0 atom stereocenters. The summed E-state index contributed by atoms with van der Waals surface area (Å²) in [6.45, 7) is 1.94. The van der Waals surface area contributed by atoms with E-state index in [0.717, 1.165) is 11.1 Å². The minimum absolute atomic E-state index is 0.0907. The molecule has 0 unspecified atom stereocenters. The Bertz CT molecular complexity index is 880. The highest BCUT2D eigenvalue weighted by atomic mass is 16.4. The summed E-state index contributed by atoms with van der Waals surface area (Å²) >= 11 is 0. The summed E-state index contributed by atoms with van der Waals surface area (Å²) in [5, 5.41) is 12.0. The summed E-state index contributed by atoms with van der Waals surface area (Å²) in [6.07, 6.45) is 3.03. The van der Waals surface area contributed by atoms with E-state index in [2.05, 4.69) is 5.32 Å². The first-order valence-electron chi connectivity index (χ1n) is 7.32. The molecule has 0 aliphatic rings. The molecule has 5 nitrogen and oxygen atoms in total. The highest BCUT2D eigenvalue weighted by Gasteiger charge is 2.12. The second-order valence-corrected chi connectivity index (χ2v) is 5.44. The average Bonchev–Trinajstić information content (AvgIpc) is 3.09. The first-order chi connectivity index (χ1) is 11.5. The van der Waals surface area contributed by atoms with E-state index in [1.165, 1.54) is 24.7 Å². The van der Waals surface area contributed by atoms with Gasteiger partial charge in [-0.25, -0.2) is 4.79 Å². The van der Waals surface area contributed by atoms with E-state index in [-0.39, 0.29) is 11.5 Å². The number of benzene rings is 2. The second kappa shape index (κ2) is 6.42. The van der Waals surface area contributed by atoms with Crippen molar-refractivity contribution < 1.29 is 19.1 Å². The minimum Gasteiger partial charge on any atom is -0.478 e. The third-order valence-corrected chi connectivity index (χ3v) is 3.61. The van der Waals surface area contributed by atoms with Crippen molar-refractivity contribution in [3.63, 3.8) is 0 Å². The van der Waals surface area contributed by atoms with Crippen molar-refractivity contribution in [1.29, 1.82) is 0 Å². The molecule has 1 amide bonds. The minimum atomic E-state index is -1.06. The molecule has 0 radical (unpaired) electrons. The standard InChI is InChI=1S/C19H15NO4/c1-12-2-4-13(5-3-12)18(21)20-17-9-15(14-6-7-24-11-14)8-16(10-17)19(22)23/h2-11H,1H3,(H,20,21)(H,22,23). The number of aryl methyl sites for hydroxylation is 1. The average molecular weight is 321 g/mol. The smallest absolute Gasteiger partial charge is 0.335 e. The van der Waals surface area contributed by atoms with Crippen LogP contribution in [0.3, 0.4) is 0 Å². The molecule has 0 saturated carbocycles. The van der Waals surface area contributed by atoms with Crippen molar-refractivity contribution in [2.45, 2.75) is 6.92 Å². The fraction of sp³-hybridized carbons (Fsp3) is 0.0526. The molecular formula is C19H15NO4. The van der Waals surface area contributed by atoms with Crippen molar-refractivity contribution in [3.05, 3.63) is 77.7 Å². The molecule has 0 bridgehead atoms. The van der Waals surface area contributed by atoms with E-state index < -0.39 is 5.97 Å². The molecule has 0 saturated heterocycles. The zero-order valence-corrected chi connectivity index (χ0v) is 12.9. The van der Waals surface area contributed by atoms with Gasteiger partial charge in [-0.3, -0.25) is 4.79 Å². The number of aromatic carboxylic acids is 1. The fourth-order valence-corrected chi connectivity index (χ4v) is 2.33. The van der Waals surface area contributed by atoms with Gasteiger partial charge in [-0.15, -0.1) is 0 Å². The normalized spacial score (nSPS) is 10.4. The van der Waals surface area contributed by atoms with Gasteiger partial charge in [0.05, 0.1) is 18.1 Å². The first-order valence-corrected chi connectivity index (χ1v) is 7.32. The maximum absolute atomic E-state index is 12.3. The molecule has 24 heavy (non-hydrogen) atoms. The predicted molar refractivity (Wildman–Crippen MR) is 90.2 cm³/mol. The lowest BCUT2D eigenvalue weighted by molar-refractivity contribution is 0.0696. The summed E-state index contributed by atoms with van der Waals surface area (Å²) in [7, 11) is 0. The van der Waals surface area contributed by atoms with E-state index in [9.17, 15) is 14.7 Å². The van der Waals surface area contributed by atoms with E-state index >= 15 is 0 Å². The van der Waals surface area contributed by atoms with E-state index in [4.69, 9.17) is 4.42 Å². The molecule has 2 N–H and O–H groups in total. The molecule has 120 valence electrons. The van der Waals surface area contributed by atoms with Crippen LogP contribution in [-0.4, -0.2) is 17.0 Å². The van der Waals surface area contributed by atoms with Gasteiger partial charge in [0.2, 0.25) is 0 Å². The van der Waals surface area contributed by atoms with Crippen molar-refractivity contribution in [1.82, 2.24) is 0 Å². The zero-order valence-electron chi connectivity index (χ0n) is 12.9. The second-order valence-electron chi connectivity index (χ2n) is 5.44. The third kappa shape index (κ3) is 3.35. The number of hydrogen-bond acceptors (Lipinski definition) is 3. The van der Waals surface area contributed by atoms with Crippen LogP contribution in [0.1, 0.15) is 26.3 Å². The number of nitrogens with one attached hydrogen (secondary N) is 1. The lowest BCUT2D eigenvalue weighted by Gasteiger charge is -2.09. The first kappa shape index (κ1) is 15.6. The van der Waals surface area contributed by atoms with Gasteiger partial charge in [0.25, 0.3) is 5.91 Å². The van der Waals surface area contributed by atoms with Gasteiger partial charge in [0, 0.05) is 16.8 Å². The van der Waals surface area contributed by atoms with Gasteiger partial charge in [0.1, 0.15) is 0 Å². The lowest BCUT2D eigenvalue weighted by Crippen LogP contribution is -2.12.